The minimum absolute atomic E-state index is 0.0500. The summed E-state index contributed by atoms with van der Waals surface area (Å²) < 4.78 is 5.14. The summed E-state index contributed by atoms with van der Waals surface area (Å²) in [6, 6.07) is 4.64. The van der Waals surface area contributed by atoms with Crippen LogP contribution < -0.4 is 5.32 Å². The van der Waals surface area contributed by atoms with Crippen molar-refractivity contribution in [3.8, 4) is 0 Å². The molecule has 0 aliphatic rings. The monoisotopic (exact) mass is 286 g/mol. The van der Waals surface area contributed by atoms with Gasteiger partial charge in [-0.2, -0.15) is 0 Å². The zero-order valence-electron chi connectivity index (χ0n) is 11.4. The molecule has 0 amide bonds. The molecule has 106 valence electrons. The molecule has 1 atom stereocenters. The molecular formula is C13H19ClN2O3. The fraction of sp³-hybridized carbons (Fsp3) is 0.538. The fourth-order valence-electron chi connectivity index (χ4n) is 1.72. The lowest BCUT2D eigenvalue weighted by molar-refractivity contribution is -0.384. The van der Waals surface area contributed by atoms with Crippen LogP contribution in [0, 0.1) is 16.0 Å². The molecular weight excluding hydrogens is 268 g/mol. The number of benzene rings is 1. The standard InChI is InChI=1S/C13H19ClN2O3/c1-9(2)13(8-19-3)15-7-10-6-11(16(17)18)4-5-12(10)14/h4-6,9,13,15H,7-8H2,1-3H3. The first-order chi connectivity index (χ1) is 8.95. The Balaban J connectivity index is 2.75. The van der Waals surface area contributed by atoms with Crippen molar-refractivity contribution < 1.29 is 9.66 Å². The number of halogens is 1. The maximum atomic E-state index is 10.7. The van der Waals surface area contributed by atoms with Crippen LogP contribution in [-0.2, 0) is 11.3 Å². The smallest absolute Gasteiger partial charge is 0.269 e. The number of non-ortho nitro benzene ring substituents is 1. The number of rotatable bonds is 7. The number of nitrogens with zero attached hydrogens (tertiary/aromatic N) is 1. The first-order valence-corrected chi connectivity index (χ1v) is 6.48. The summed E-state index contributed by atoms with van der Waals surface area (Å²) in [6.07, 6.45) is 0. The van der Waals surface area contributed by atoms with E-state index in [1.165, 1.54) is 12.1 Å². The van der Waals surface area contributed by atoms with Gasteiger partial charge in [-0.1, -0.05) is 25.4 Å². The van der Waals surface area contributed by atoms with E-state index in [1.54, 1.807) is 13.2 Å². The fourth-order valence-corrected chi connectivity index (χ4v) is 1.90. The van der Waals surface area contributed by atoms with E-state index in [4.69, 9.17) is 16.3 Å². The van der Waals surface area contributed by atoms with E-state index in [2.05, 4.69) is 19.2 Å². The van der Waals surface area contributed by atoms with Gasteiger partial charge < -0.3 is 10.1 Å². The second kappa shape index (κ2) is 7.43. The molecule has 0 saturated carbocycles. The average molecular weight is 287 g/mol. The SMILES string of the molecule is COCC(NCc1cc([N+](=O)[O-])ccc1Cl)C(C)C. The number of hydrogen-bond donors (Lipinski definition) is 1. The van der Waals surface area contributed by atoms with Crippen molar-refractivity contribution in [2.75, 3.05) is 13.7 Å². The largest absolute Gasteiger partial charge is 0.383 e. The van der Waals surface area contributed by atoms with Gasteiger partial charge in [-0.15, -0.1) is 0 Å². The second-order valence-corrected chi connectivity index (χ2v) is 5.13. The van der Waals surface area contributed by atoms with Crippen LogP contribution in [0.25, 0.3) is 0 Å². The van der Waals surface area contributed by atoms with E-state index < -0.39 is 4.92 Å². The topological polar surface area (TPSA) is 64.4 Å². The molecule has 1 rings (SSSR count). The van der Waals surface area contributed by atoms with Gasteiger partial charge in [-0.05, 0) is 17.5 Å². The Morgan fingerprint density at radius 3 is 2.68 bits per heavy atom. The summed E-state index contributed by atoms with van der Waals surface area (Å²) in [5.74, 6) is 0.400. The van der Waals surface area contributed by atoms with E-state index >= 15 is 0 Å². The summed E-state index contributed by atoms with van der Waals surface area (Å²) in [5.41, 5.74) is 0.770. The van der Waals surface area contributed by atoms with Gasteiger partial charge in [0.2, 0.25) is 0 Å². The Hall–Kier alpha value is -1.17. The molecule has 6 heteroatoms. The van der Waals surface area contributed by atoms with Crippen molar-refractivity contribution in [3.05, 3.63) is 38.9 Å². The summed E-state index contributed by atoms with van der Waals surface area (Å²) in [6.45, 7) is 5.24. The molecule has 0 aliphatic carbocycles. The van der Waals surface area contributed by atoms with Crippen LogP contribution in [0.5, 0.6) is 0 Å². The minimum Gasteiger partial charge on any atom is -0.383 e. The molecule has 0 bridgehead atoms. The predicted molar refractivity (Wildman–Crippen MR) is 75.4 cm³/mol. The van der Waals surface area contributed by atoms with Gasteiger partial charge in [0.15, 0.2) is 0 Å². The van der Waals surface area contributed by atoms with Crippen LogP contribution in [0.3, 0.4) is 0 Å². The molecule has 1 aromatic carbocycles. The molecule has 0 aliphatic heterocycles. The zero-order valence-corrected chi connectivity index (χ0v) is 12.1. The van der Waals surface area contributed by atoms with Gasteiger partial charge in [0.1, 0.15) is 0 Å². The molecule has 19 heavy (non-hydrogen) atoms. The summed E-state index contributed by atoms with van der Waals surface area (Å²) in [5, 5.41) is 14.6. The maximum absolute atomic E-state index is 10.7. The first-order valence-electron chi connectivity index (χ1n) is 6.10. The first kappa shape index (κ1) is 15.9. The Labute approximate surface area is 118 Å². The van der Waals surface area contributed by atoms with Gasteiger partial charge in [0.25, 0.3) is 5.69 Å². The molecule has 0 fully saturated rings. The lowest BCUT2D eigenvalue weighted by Gasteiger charge is -2.21. The van der Waals surface area contributed by atoms with E-state index in [0.29, 0.717) is 24.1 Å². The Morgan fingerprint density at radius 1 is 1.47 bits per heavy atom. The van der Waals surface area contributed by atoms with E-state index in [9.17, 15) is 10.1 Å². The number of hydrogen-bond acceptors (Lipinski definition) is 4. The predicted octanol–water partition coefficient (Wildman–Crippen LogP) is 3.01. The number of nitro groups is 1. The number of ether oxygens (including phenoxy) is 1. The molecule has 0 spiro atoms. The molecule has 0 radical (unpaired) electrons. The molecule has 1 N–H and O–H groups in total. The summed E-state index contributed by atoms with van der Waals surface area (Å²) in [4.78, 5) is 10.3. The molecule has 0 saturated heterocycles. The van der Waals surface area contributed by atoms with E-state index in [0.717, 1.165) is 5.56 Å². The van der Waals surface area contributed by atoms with Gasteiger partial charge in [-0.3, -0.25) is 10.1 Å². The lowest BCUT2D eigenvalue weighted by Crippen LogP contribution is -2.37. The molecule has 0 aromatic heterocycles. The molecule has 5 nitrogen and oxygen atoms in total. The molecule has 1 aromatic rings. The van der Waals surface area contributed by atoms with Crippen molar-refractivity contribution in [1.29, 1.82) is 0 Å². The van der Waals surface area contributed by atoms with Crippen LogP contribution in [0.15, 0.2) is 18.2 Å². The van der Waals surface area contributed by atoms with Crippen molar-refractivity contribution in [1.82, 2.24) is 5.32 Å². The minimum atomic E-state index is -0.422. The summed E-state index contributed by atoms with van der Waals surface area (Å²) >= 11 is 6.05. The van der Waals surface area contributed by atoms with E-state index in [-0.39, 0.29) is 11.7 Å². The third kappa shape index (κ3) is 4.78. The van der Waals surface area contributed by atoms with Gasteiger partial charge in [-0.25, -0.2) is 0 Å². The highest BCUT2D eigenvalue weighted by Gasteiger charge is 2.14. The molecule has 0 heterocycles. The Kier molecular flexibility index (Phi) is 6.21. The molecule has 1 unspecified atom stereocenters. The van der Waals surface area contributed by atoms with Crippen LogP contribution in [0.2, 0.25) is 5.02 Å². The quantitative estimate of drug-likeness (QED) is 0.618. The van der Waals surface area contributed by atoms with Crippen LogP contribution in [0.4, 0.5) is 5.69 Å². The normalized spacial score (nSPS) is 12.7. The maximum Gasteiger partial charge on any atom is 0.269 e. The second-order valence-electron chi connectivity index (χ2n) is 4.72. The van der Waals surface area contributed by atoms with Crippen molar-refractivity contribution in [3.63, 3.8) is 0 Å². The van der Waals surface area contributed by atoms with Crippen molar-refractivity contribution in [2.45, 2.75) is 26.4 Å². The summed E-state index contributed by atoms with van der Waals surface area (Å²) in [7, 11) is 1.65. The van der Waals surface area contributed by atoms with Crippen molar-refractivity contribution in [2.24, 2.45) is 5.92 Å². The number of nitro benzene ring substituents is 1. The van der Waals surface area contributed by atoms with Gasteiger partial charge in [0.05, 0.1) is 11.5 Å². The van der Waals surface area contributed by atoms with Crippen LogP contribution in [-0.4, -0.2) is 24.7 Å². The van der Waals surface area contributed by atoms with E-state index in [1.807, 2.05) is 0 Å². The van der Waals surface area contributed by atoms with Gasteiger partial charge in [0, 0.05) is 36.9 Å². The highest BCUT2D eigenvalue weighted by molar-refractivity contribution is 6.31. The number of methoxy groups -OCH3 is 1. The third-order valence-electron chi connectivity index (χ3n) is 2.95. The third-order valence-corrected chi connectivity index (χ3v) is 3.31. The zero-order chi connectivity index (χ0) is 14.4. The van der Waals surface area contributed by atoms with Crippen molar-refractivity contribution >= 4 is 17.3 Å². The van der Waals surface area contributed by atoms with Crippen LogP contribution >= 0.6 is 11.6 Å². The highest BCUT2D eigenvalue weighted by Crippen LogP contribution is 2.22. The average Bonchev–Trinajstić information content (AvgIpc) is 2.35. The van der Waals surface area contributed by atoms with Crippen LogP contribution in [0.1, 0.15) is 19.4 Å². The number of nitrogens with one attached hydrogen (secondary N) is 1. The Bertz CT molecular complexity index is 438. The lowest BCUT2D eigenvalue weighted by atomic mass is 10.0. The highest BCUT2D eigenvalue weighted by atomic mass is 35.5. The Morgan fingerprint density at radius 2 is 2.16 bits per heavy atom. The van der Waals surface area contributed by atoms with Gasteiger partial charge >= 0.3 is 0 Å².